The predicted molar refractivity (Wildman–Crippen MR) is 45.9 cm³/mol. The molecule has 56 valence electrons. The Bertz CT molecular complexity index is 270. The maximum atomic E-state index is 4.32. The van der Waals surface area contributed by atoms with Gasteiger partial charge < -0.3 is 0 Å². The molecule has 0 saturated heterocycles. The van der Waals surface area contributed by atoms with E-state index in [0.29, 0.717) is 0 Å². The molecular weight excluding hydrogens is 158 g/mol. The molecule has 0 aliphatic carbocycles. The fourth-order valence-corrected chi connectivity index (χ4v) is 1.77. The van der Waals surface area contributed by atoms with Crippen LogP contribution in [0.5, 0.6) is 0 Å². The Morgan fingerprint density at radius 3 is 3.00 bits per heavy atom. The minimum absolute atomic E-state index is 0.933. The number of nitrogens with zero attached hydrogens (tertiary/aromatic N) is 3. The quantitative estimate of drug-likeness (QED) is 0.622. The van der Waals surface area contributed by atoms with Gasteiger partial charge in [-0.15, -0.1) is 11.8 Å². The molecule has 1 aliphatic heterocycles. The van der Waals surface area contributed by atoms with Gasteiger partial charge in [-0.2, -0.15) is 10.2 Å². The molecule has 0 radical (unpaired) electrons. The first-order valence-corrected chi connectivity index (χ1v) is 4.40. The van der Waals surface area contributed by atoms with Crippen LogP contribution in [0.2, 0.25) is 0 Å². The highest BCUT2D eigenvalue weighted by Crippen LogP contribution is 2.17. The van der Waals surface area contributed by atoms with Crippen LogP contribution in [0.3, 0.4) is 0 Å². The van der Waals surface area contributed by atoms with Gasteiger partial charge in [-0.1, -0.05) is 0 Å². The summed E-state index contributed by atoms with van der Waals surface area (Å²) in [4.78, 5) is 4.32. The van der Waals surface area contributed by atoms with Gasteiger partial charge in [-0.3, -0.25) is 4.99 Å². The molecule has 1 aliphatic rings. The Kier molecular flexibility index (Phi) is 1.85. The van der Waals surface area contributed by atoms with Gasteiger partial charge in [0.25, 0.3) is 0 Å². The van der Waals surface area contributed by atoms with Gasteiger partial charge in [0.2, 0.25) is 0 Å². The second-order valence-electron chi connectivity index (χ2n) is 2.17. The molecular formula is C7H7N3S. The molecule has 0 fully saturated rings. The third-order valence-electron chi connectivity index (χ3n) is 1.42. The third kappa shape index (κ3) is 1.40. The first kappa shape index (κ1) is 6.79. The molecule has 0 spiro atoms. The second kappa shape index (κ2) is 3.00. The molecule has 2 heterocycles. The summed E-state index contributed by atoms with van der Waals surface area (Å²) in [6.45, 7) is 0.933. The first-order valence-electron chi connectivity index (χ1n) is 3.41. The topological polar surface area (TPSA) is 38.1 Å². The number of aromatic nitrogens is 2. The minimum atomic E-state index is 0.933. The highest BCUT2D eigenvalue weighted by Gasteiger charge is 2.08. The van der Waals surface area contributed by atoms with Crippen LogP contribution in [0.4, 0.5) is 0 Å². The van der Waals surface area contributed by atoms with E-state index in [4.69, 9.17) is 0 Å². The average Bonchev–Trinajstić information content (AvgIpc) is 2.58. The van der Waals surface area contributed by atoms with Crippen molar-refractivity contribution in [1.82, 2.24) is 10.2 Å². The molecule has 4 heteroatoms. The van der Waals surface area contributed by atoms with Crippen LogP contribution in [0.1, 0.15) is 5.56 Å². The van der Waals surface area contributed by atoms with Gasteiger partial charge >= 0.3 is 0 Å². The van der Waals surface area contributed by atoms with Crippen LogP contribution in [0, 0.1) is 0 Å². The van der Waals surface area contributed by atoms with E-state index in [-0.39, 0.29) is 0 Å². The molecule has 11 heavy (non-hydrogen) atoms. The molecule has 0 aromatic carbocycles. The van der Waals surface area contributed by atoms with E-state index in [1.165, 1.54) is 0 Å². The summed E-state index contributed by atoms with van der Waals surface area (Å²) in [6, 6.07) is 1.93. The molecule has 1 aromatic rings. The maximum Gasteiger partial charge on any atom is 0.0994 e. The summed E-state index contributed by atoms with van der Waals surface area (Å²) in [6.07, 6.45) is 3.44. The summed E-state index contributed by atoms with van der Waals surface area (Å²) >= 11 is 1.78. The smallest absolute Gasteiger partial charge is 0.0994 e. The molecule has 0 bridgehead atoms. The van der Waals surface area contributed by atoms with Gasteiger partial charge in [-0.25, -0.2) is 0 Å². The minimum Gasteiger partial charge on any atom is -0.277 e. The van der Waals surface area contributed by atoms with Gasteiger partial charge in [0.05, 0.1) is 17.4 Å². The summed E-state index contributed by atoms with van der Waals surface area (Å²) < 4.78 is 0. The van der Waals surface area contributed by atoms with E-state index in [1.807, 2.05) is 6.07 Å². The molecule has 0 N–H and O–H groups in total. The van der Waals surface area contributed by atoms with Crippen LogP contribution in [-0.2, 0) is 0 Å². The van der Waals surface area contributed by atoms with Gasteiger partial charge in [0.15, 0.2) is 0 Å². The van der Waals surface area contributed by atoms with Gasteiger partial charge in [0, 0.05) is 17.9 Å². The molecule has 2 rings (SSSR count). The van der Waals surface area contributed by atoms with Crippen molar-refractivity contribution in [3.8, 4) is 0 Å². The average molecular weight is 165 g/mol. The van der Waals surface area contributed by atoms with Crippen LogP contribution in [0.25, 0.3) is 0 Å². The van der Waals surface area contributed by atoms with Crippen molar-refractivity contribution in [1.29, 1.82) is 0 Å². The molecule has 0 saturated carbocycles. The van der Waals surface area contributed by atoms with Crippen molar-refractivity contribution in [2.24, 2.45) is 4.99 Å². The van der Waals surface area contributed by atoms with Crippen molar-refractivity contribution >= 4 is 16.8 Å². The lowest BCUT2D eigenvalue weighted by Crippen LogP contribution is -1.92. The van der Waals surface area contributed by atoms with Crippen LogP contribution >= 0.6 is 11.8 Å². The number of hydrogen-bond acceptors (Lipinski definition) is 4. The van der Waals surface area contributed by atoms with Crippen molar-refractivity contribution < 1.29 is 0 Å². The van der Waals surface area contributed by atoms with Crippen molar-refractivity contribution in [2.75, 3.05) is 12.3 Å². The number of thioether (sulfide) groups is 1. The summed E-state index contributed by atoms with van der Waals surface area (Å²) in [7, 11) is 0. The third-order valence-corrected chi connectivity index (χ3v) is 2.44. The van der Waals surface area contributed by atoms with Crippen LogP contribution < -0.4 is 0 Å². The zero-order valence-electron chi connectivity index (χ0n) is 5.90. The summed E-state index contributed by atoms with van der Waals surface area (Å²) in [5.74, 6) is 1.09. The van der Waals surface area contributed by atoms with Crippen LogP contribution in [-0.4, -0.2) is 27.5 Å². The monoisotopic (exact) mass is 165 g/mol. The Labute approximate surface area is 68.9 Å². The maximum absolute atomic E-state index is 4.32. The van der Waals surface area contributed by atoms with Crippen LogP contribution in [0.15, 0.2) is 23.5 Å². The predicted octanol–water partition coefficient (Wildman–Crippen LogP) is 0.970. The summed E-state index contributed by atoms with van der Waals surface area (Å²) in [5.41, 5.74) is 1.09. The lowest BCUT2D eigenvalue weighted by Gasteiger charge is -1.95. The van der Waals surface area contributed by atoms with E-state index in [1.54, 1.807) is 24.2 Å². The van der Waals surface area contributed by atoms with Crippen molar-refractivity contribution in [2.45, 2.75) is 0 Å². The normalized spacial score (nSPS) is 16.5. The SMILES string of the molecule is c1cc(C2=NCCS2)cnn1. The zero-order valence-corrected chi connectivity index (χ0v) is 6.71. The lowest BCUT2D eigenvalue weighted by molar-refractivity contribution is 1.03. The number of aliphatic imine (C=N–C) groups is 1. The molecule has 0 atom stereocenters. The van der Waals surface area contributed by atoms with Gasteiger partial charge in [0.1, 0.15) is 0 Å². The highest BCUT2D eigenvalue weighted by atomic mass is 32.2. The Balaban J connectivity index is 2.29. The van der Waals surface area contributed by atoms with E-state index in [9.17, 15) is 0 Å². The Morgan fingerprint density at radius 2 is 2.36 bits per heavy atom. The highest BCUT2D eigenvalue weighted by molar-refractivity contribution is 8.14. The largest absolute Gasteiger partial charge is 0.277 e. The second-order valence-corrected chi connectivity index (χ2v) is 3.25. The standard InChI is InChI=1S/C7H7N3S/c1-2-9-10-5-6(1)7-8-3-4-11-7/h1-2,5H,3-4H2. The van der Waals surface area contributed by atoms with Gasteiger partial charge in [-0.05, 0) is 6.07 Å². The fourth-order valence-electron chi connectivity index (χ4n) is 0.927. The fraction of sp³-hybridized carbons (Fsp3) is 0.286. The Morgan fingerprint density at radius 1 is 1.36 bits per heavy atom. The van der Waals surface area contributed by atoms with Crippen molar-refractivity contribution in [3.63, 3.8) is 0 Å². The molecule has 0 unspecified atom stereocenters. The van der Waals surface area contributed by atoms with E-state index in [0.717, 1.165) is 22.9 Å². The van der Waals surface area contributed by atoms with E-state index in [2.05, 4.69) is 15.2 Å². The molecule has 1 aromatic heterocycles. The first-order chi connectivity index (χ1) is 5.47. The van der Waals surface area contributed by atoms with E-state index >= 15 is 0 Å². The molecule has 0 amide bonds. The number of rotatable bonds is 1. The van der Waals surface area contributed by atoms with Crippen molar-refractivity contribution in [3.05, 3.63) is 24.0 Å². The Hall–Kier alpha value is -0.900. The van der Waals surface area contributed by atoms with E-state index < -0.39 is 0 Å². The number of hydrogen-bond donors (Lipinski definition) is 0. The molecule has 3 nitrogen and oxygen atoms in total. The summed E-state index contributed by atoms with van der Waals surface area (Å²) in [5, 5.41) is 8.58. The lowest BCUT2D eigenvalue weighted by atomic mass is 10.3. The zero-order chi connectivity index (χ0) is 7.52.